The fourth-order valence-corrected chi connectivity index (χ4v) is 3.08. The summed E-state index contributed by atoms with van der Waals surface area (Å²) >= 11 is 5.95. The molecule has 130 valence electrons. The Morgan fingerprint density at radius 3 is 2.81 bits per heavy atom. The second-order valence-electron chi connectivity index (χ2n) is 5.89. The molecule has 0 atom stereocenters. The van der Waals surface area contributed by atoms with Crippen LogP contribution >= 0.6 is 11.6 Å². The van der Waals surface area contributed by atoms with Gasteiger partial charge in [-0.25, -0.2) is 9.97 Å². The smallest absolute Gasteiger partial charge is 0.187 e. The highest BCUT2D eigenvalue weighted by Crippen LogP contribution is 2.31. The quantitative estimate of drug-likeness (QED) is 0.425. The third-order valence-corrected chi connectivity index (χ3v) is 4.36. The molecule has 6 nitrogen and oxygen atoms in total. The van der Waals surface area contributed by atoms with E-state index in [4.69, 9.17) is 21.3 Å². The van der Waals surface area contributed by atoms with Gasteiger partial charge < -0.3 is 4.74 Å². The Bertz CT molecular complexity index is 1280. The van der Waals surface area contributed by atoms with E-state index >= 15 is 0 Å². The number of nitrogens with zero attached hydrogens (tertiary/aromatic N) is 5. The van der Waals surface area contributed by atoms with Gasteiger partial charge in [0.15, 0.2) is 17.2 Å². The van der Waals surface area contributed by atoms with Gasteiger partial charge in [-0.05, 0) is 30.3 Å². The lowest BCUT2D eigenvalue weighted by molar-refractivity contribution is 0.486. The molecule has 0 bridgehead atoms. The van der Waals surface area contributed by atoms with Gasteiger partial charge in [0, 0.05) is 23.8 Å². The fraction of sp³-hybridized carbons (Fsp3) is 0. The van der Waals surface area contributed by atoms with Gasteiger partial charge in [-0.15, -0.1) is 10.2 Å². The number of halogens is 1. The summed E-state index contributed by atoms with van der Waals surface area (Å²) in [5.74, 6) is 1.90. The number of pyridine rings is 3. The van der Waals surface area contributed by atoms with Gasteiger partial charge in [0.2, 0.25) is 0 Å². The molecule has 0 aliphatic heterocycles. The summed E-state index contributed by atoms with van der Waals surface area (Å²) in [6.07, 6.45) is 3.52. The lowest BCUT2D eigenvalue weighted by Crippen LogP contribution is -1.94. The first-order chi connectivity index (χ1) is 13.3. The number of para-hydroxylation sites is 1. The molecule has 0 unspecified atom stereocenters. The van der Waals surface area contributed by atoms with Gasteiger partial charge in [-0.3, -0.25) is 4.40 Å². The van der Waals surface area contributed by atoms with Crippen LogP contribution in [0.4, 0.5) is 0 Å². The molecule has 4 aromatic heterocycles. The van der Waals surface area contributed by atoms with E-state index in [9.17, 15) is 0 Å². The maximum atomic E-state index is 6.00. The van der Waals surface area contributed by atoms with Crippen LogP contribution in [-0.2, 0) is 0 Å². The molecule has 7 heteroatoms. The van der Waals surface area contributed by atoms with Gasteiger partial charge in [0.25, 0.3) is 0 Å². The SMILES string of the molecule is Clc1cc(Oc2cccc3ccc(-c4nnc5ccccn45)nc23)ccn1. The minimum atomic E-state index is 0.372. The maximum Gasteiger partial charge on any atom is 0.187 e. The Morgan fingerprint density at radius 2 is 1.89 bits per heavy atom. The lowest BCUT2D eigenvalue weighted by Gasteiger charge is -2.09. The Hall–Kier alpha value is -3.51. The normalized spacial score (nSPS) is 11.1. The molecule has 0 spiro atoms. The van der Waals surface area contributed by atoms with E-state index in [2.05, 4.69) is 15.2 Å². The van der Waals surface area contributed by atoms with E-state index in [0.29, 0.717) is 28.2 Å². The Morgan fingerprint density at radius 1 is 0.926 bits per heavy atom. The fourth-order valence-electron chi connectivity index (χ4n) is 2.92. The highest BCUT2D eigenvalue weighted by molar-refractivity contribution is 6.29. The summed E-state index contributed by atoms with van der Waals surface area (Å²) in [6, 6.07) is 18.9. The Kier molecular flexibility index (Phi) is 3.69. The molecule has 0 saturated carbocycles. The molecule has 0 aliphatic carbocycles. The van der Waals surface area contributed by atoms with Gasteiger partial charge in [0.05, 0.1) is 0 Å². The molecule has 0 amide bonds. The van der Waals surface area contributed by atoms with Crippen molar-refractivity contribution >= 4 is 28.2 Å². The summed E-state index contributed by atoms with van der Waals surface area (Å²) in [5, 5.41) is 9.81. The number of hydrogen-bond acceptors (Lipinski definition) is 5. The molecule has 4 heterocycles. The van der Waals surface area contributed by atoms with Crippen LogP contribution in [0, 0.1) is 0 Å². The van der Waals surface area contributed by atoms with Gasteiger partial charge >= 0.3 is 0 Å². The van der Waals surface area contributed by atoms with Crippen molar-refractivity contribution in [3.8, 4) is 23.0 Å². The zero-order chi connectivity index (χ0) is 18.2. The standard InChI is InChI=1S/C20H12ClN5O/c21-17-12-14(9-10-22-17)27-16-5-3-4-13-7-8-15(23-19(13)16)20-25-24-18-6-1-2-11-26(18)20/h1-12H. The summed E-state index contributed by atoms with van der Waals surface area (Å²) in [6.45, 7) is 0. The molecule has 0 N–H and O–H groups in total. The van der Waals surface area contributed by atoms with Crippen molar-refractivity contribution in [1.29, 1.82) is 0 Å². The van der Waals surface area contributed by atoms with Crippen molar-refractivity contribution in [3.63, 3.8) is 0 Å². The number of aromatic nitrogens is 5. The van der Waals surface area contributed by atoms with Crippen molar-refractivity contribution < 1.29 is 4.74 Å². The molecular weight excluding hydrogens is 362 g/mol. The van der Waals surface area contributed by atoms with E-state index in [1.165, 1.54) is 0 Å². The van der Waals surface area contributed by atoms with E-state index in [0.717, 1.165) is 16.6 Å². The first-order valence-electron chi connectivity index (χ1n) is 8.27. The summed E-state index contributed by atoms with van der Waals surface area (Å²) in [7, 11) is 0. The van der Waals surface area contributed by atoms with Crippen molar-refractivity contribution in [2.75, 3.05) is 0 Å². The highest BCUT2D eigenvalue weighted by Gasteiger charge is 2.12. The Labute approximate surface area is 159 Å². The summed E-state index contributed by atoms with van der Waals surface area (Å²) < 4.78 is 7.91. The van der Waals surface area contributed by atoms with Crippen molar-refractivity contribution in [2.24, 2.45) is 0 Å². The van der Waals surface area contributed by atoms with Crippen LogP contribution in [0.5, 0.6) is 11.5 Å². The largest absolute Gasteiger partial charge is 0.455 e. The average molecular weight is 374 g/mol. The molecule has 0 radical (unpaired) electrons. The third-order valence-electron chi connectivity index (χ3n) is 4.15. The minimum absolute atomic E-state index is 0.372. The van der Waals surface area contributed by atoms with Gasteiger partial charge in [-0.2, -0.15) is 0 Å². The summed E-state index contributed by atoms with van der Waals surface area (Å²) in [4.78, 5) is 8.76. The second kappa shape index (κ2) is 6.34. The predicted octanol–water partition coefficient (Wildman–Crippen LogP) is 4.79. The topological polar surface area (TPSA) is 65.2 Å². The lowest BCUT2D eigenvalue weighted by atomic mass is 10.2. The van der Waals surface area contributed by atoms with Crippen LogP contribution in [0.1, 0.15) is 0 Å². The number of benzene rings is 1. The van der Waals surface area contributed by atoms with E-state index < -0.39 is 0 Å². The maximum absolute atomic E-state index is 6.00. The van der Waals surface area contributed by atoms with Crippen LogP contribution in [0.3, 0.4) is 0 Å². The van der Waals surface area contributed by atoms with Crippen molar-refractivity contribution in [2.45, 2.75) is 0 Å². The number of rotatable bonds is 3. The zero-order valence-electron chi connectivity index (χ0n) is 14.0. The first-order valence-corrected chi connectivity index (χ1v) is 8.65. The van der Waals surface area contributed by atoms with Crippen LogP contribution < -0.4 is 4.74 Å². The van der Waals surface area contributed by atoms with Gasteiger partial charge in [-0.1, -0.05) is 35.9 Å². The average Bonchev–Trinajstić information content (AvgIpc) is 3.12. The minimum Gasteiger partial charge on any atom is -0.455 e. The molecule has 0 fully saturated rings. The zero-order valence-corrected chi connectivity index (χ0v) is 14.7. The molecule has 0 saturated heterocycles. The molecule has 1 aromatic carbocycles. The molecule has 0 aliphatic rings. The van der Waals surface area contributed by atoms with Crippen molar-refractivity contribution in [3.05, 3.63) is 78.2 Å². The van der Waals surface area contributed by atoms with E-state index in [1.807, 2.05) is 59.1 Å². The van der Waals surface area contributed by atoms with E-state index in [-0.39, 0.29) is 0 Å². The van der Waals surface area contributed by atoms with Crippen LogP contribution in [0.2, 0.25) is 5.15 Å². The molecule has 5 rings (SSSR count). The summed E-state index contributed by atoms with van der Waals surface area (Å²) in [5.41, 5.74) is 2.21. The first kappa shape index (κ1) is 15.7. The van der Waals surface area contributed by atoms with Crippen LogP contribution in [0.15, 0.2) is 73.1 Å². The molecule has 27 heavy (non-hydrogen) atoms. The van der Waals surface area contributed by atoms with Crippen molar-refractivity contribution in [1.82, 2.24) is 24.6 Å². The molecular formula is C20H12ClN5O. The van der Waals surface area contributed by atoms with Crippen LogP contribution in [0.25, 0.3) is 28.1 Å². The van der Waals surface area contributed by atoms with E-state index in [1.54, 1.807) is 18.3 Å². The van der Waals surface area contributed by atoms with Crippen LogP contribution in [-0.4, -0.2) is 24.6 Å². The third kappa shape index (κ3) is 2.86. The number of fused-ring (bicyclic) bond motifs is 2. The van der Waals surface area contributed by atoms with Gasteiger partial charge in [0.1, 0.15) is 22.1 Å². The second-order valence-corrected chi connectivity index (χ2v) is 6.28. The Balaban J connectivity index is 1.64. The number of ether oxygens (including phenoxy) is 1. The predicted molar refractivity (Wildman–Crippen MR) is 103 cm³/mol. The molecule has 5 aromatic rings. The monoisotopic (exact) mass is 373 g/mol. The highest BCUT2D eigenvalue weighted by atomic mass is 35.5. The number of hydrogen-bond donors (Lipinski definition) is 0.